The molecule has 0 aromatic heterocycles. The van der Waals surface area contributed by atoms with E-state index in [9.17, 15) is 9.59 Å². The van der Waals surface area contributed by atoms with Crippen molar-refractivity contribution < 1.29 is 19.4 Å². The van der Waals surface area contributed by atoms with E-state index in [0.29, 0.717) is 19.7 Å². The first kappa shape index (κ1) is 13.9. The number of carboxylic acids is 1. The maximum Gasteiger partial charge on any atom is 0.304 e. The van der Waals surface area contributed by atoms with Crippen LogP contribution in [0.5, 0.6) is 0 Å². The van der Waals surface area contributed by atoms with Crippen molar-refractivity contribution in [3.63, 3.8) is 0 Å². The van der Waals surface area contributed by atoms with E-state index in [1.807, 2.05) is 0 Å². The van der Waals surface area contributed by atoms with Crippen LogP contribution in [0.4, 0.5) is 0 Å². The van der Waals surface area contributed by atoms with Crippen LogP contribution < -0.4 is 5.73 Å². The average Bonchev–Trinajstić information content (AvgIpc) is 2.13. The SMILES string of the molecule is COCCCN(CCC(=O)O)CC(N)=O. The molecule has 6 nitrogen and oxygen atoms in total. The lowest BCUT2D eigenvalue weighted by Crippen LogP contribution is -2.36. The number of primary amides is 1. The van der Waals surface area contributed by atoms with E-state index in [-0.39, 0.29) is 13.0 Å². The minimum Gasteiger partial charge on any atom is -0.481 e. The Morgan fingerprint density at radius 2 is 2.07 bits per heavy atom. The summed E-state index contributed by atoms with van der Waals surface area (Å²) in [5.74, 6) is -1.32. The Labute approximate surface area is 89.0 Å². The molecule has 0 bridgehead atoms. The van der Waals surface area contributed by atoms with Crippen LogP contribution in [0.3, 0.4) is 0 Å². The van der Waals surface area contributed by atoms with Gasteiger partial charge in [-0.05, 0) is 6.42 Å². The molecule has 15 heavy (non-hydrogen) atoms. The van der Waals surface area contributed by atoms with Crippen LogP contribution in [-0.2, 0) is 14.3 Å². The van der Waals surface area contributed by atoms with Crippen molar-refractivity contribution in [1.82, 2.24) is 4.90 Å². The summed E-state index contributed by atoms with van der Waals surface area (Å²) in [6.07, 6.45) is 0.768. The number of rotatable bonds is 9. The van der Waals surface area contributed by atoms with Gasteiger partial charge in [-0.1, -0.05) is 0 Å². The number of carbonyl (C=O) groups is 2. The summed E-state index contributed by atoms with van der Waals surface area (Å²) < 4.78 is 4.86. The lowest BCUT2D eigenvalue weighted by atomic mass is 10.3. The van der Waals surface area contributed by atoms with E-state index < -0.39 is 11.9 Å². The maximum absolute atomic E-state index is 10.7. The van der Waals surface area contributed by atoms with Crippen LogP contribution in [0.25, 0.3) is 0 Å². The molecule has 0 saturated heterocycles. The first-order valence-electron chi connectivity index (χ1n) is 4.77. The number of carboxylic acid groups (broad SMARTS) is 1. The molecular formula is C9H18N2O4. The first-order chi connectivity index (χ1) is 7.06. The highest BCUT2D eigenvalue weighted by Crippen LogP contribution is 1.94. The third-order valence-corrected chi connectivity index (χ3v) is 1.84. The Morgan fingerprint density at radius 1 is 1.40 bits per heavy atom. The fourth-order valence-corrected chi connectivity index (χ4v) is 1.18. The number of hydrogen-bond donors (Lipinski definition) is 2. The normalized spacial score (nSPS) is 10.5. The molecule has 0 unspecified atom stereocenters. The van der Waals surface area contributed by atoms with Crippen molar-refractivity contribution in [2.45, 2.75) is 12.8 Å². The van der Waals surface area contributed by atoms with Crippen molar-refractivity contribution in [3.8, 4) is 0 Å². The quantitative estimate of drug-likeness (QED) is 0.498. The van der Waals surface area contributed by atoms with Crippen LogP contribution in [-0.4, -0.2) is 55.2 Å². The molecule has 0 aliphatic rings. The Morgan fingerprint density at radius 3 is 2.53 bits per heavy atom. The van der Waals surface area contributed by atoms with Crippen LogP contribution in [0.1, 0.15) is 12.8 Å². The largest absolute Gasteiger partial charge is 0.481 e. The molecule has 3 N–H and O–H groups in total. The topological polar surface area (TPSA) is 92.9 Å². The molecule has 0 rings (SSSR count). The fraction of sp³-hybridized carbons (Fsp3) is 0.778. The number of aliphatic carboxylic acids is 1. The van der Waals surface area contributed by atoms with Gasteiger partial charge in [-0.2, -0.15) is 0 Å². The summed E-state index contributed by atoms with van der Waals surface area (Å²) in [6.45, 7) is 1.63. The second-order valence-electron chi connectivity index (χ2n) is 3.23. The molecular weight excluding hydrogens is 200 g/mol. The Kier molecular flexibility index (Phi) is 7.57. The zero-order valence-corrected chi connectivity index (χ0v) is 8.94. The molecule has 0 aliphatic heterocycles. The molecule has 1 amide bonds. The third kappa shape index (κ3) is 9.17. The Balaban J connectivity index is 3.83. The van der Waals surface area contributed by atoms with E-state index >= 15 is 0 Å². The van der Waals surface area contributed by atoms with E-state index in [2.05, 4.69) is 0 Å². The molecule has 0 aromatic carbocycles. The van der Waals surface area contributed by atoms with Gasteiger partial charge in [0.2, 0.25) is 5.91 Å². The molecule has 0 heterocycles. The standard InChI is InChI=1S/C9H18N2O4/c1-15-6-2-4-11(7-8(10)12)5-3-9(13)14/h2-7H2,1H3,(H2,10,12)(H,13,14). The van der Waals surface area contributed by atoms with Crippen LogP contribution in [0.15, 0.2) is 0 Å². The molecule has 0 aliphatic carbocycles. The highest BCUT2D eigenvalue weighted by atomic mass is 16.5. The Hall–Kier alpha value is -1.14. The number of amides is 1. The minimum atomic E-state index is -0.879. The first-order valence-corrected chi connectivity index (χ1v) is 4.77. The number of nitrogens with two attached hydrogens (primary N) is 1. The van der Waals surface area contributed by atoms with Gasteiger partial charge in [0, 0.05) is 26.8 Å². The number of methoxy groups -OCH3 is 1. The lowest BCUT2D eigenvalue weighted by molar-refractivity contribution is -0.137. The van der Waals surface area contributed by atoms with Gasteiger partial charge >= 0.3 is 5.97 Å². The van der Waals surface area contributed by atoms with E-state index in [1.54, 1.807) is 12.0 Å². The number of hydrogen-bond acceptors (Lipinski definition) is 4. The average molecular weight is 218 g/mol. The number of carbonyl (C=O) groups excluding carboxylic acids is 1. The zero-order valence-electron chi connectivity index (χ0n) is 8.94. The van der Waals surface area contributed by atoms with Crippen molar-refractivity contribution in [1.29, 1.82) is 0 Å². The van der Waals surface area contributed by atoms with Gasteiger partial charge in [0.15, 0.2) is 0 Å². The van der Waals surface area contributed by atoms with Gasteiger partial charge in [0.1, 0.15) is 0 Å². The highest BCUT2D eigenvalue weighted by molar-refractivity contribution is 5.76. The summed E-state index contributed by atoms with van der Waals surface area (Å²) >= 11 is 0. The summed E-state index contributed by atoms with van der Waals surface area (Å²) in [4.78, 5) is 22.8. The molecule has 0 saturated carbocycles. The smallest absolute Gasteiger partial charge is 0.304 e. The second-order valence-corrected chi connectivity index (χ2v) is 3.23. The van der Waals surface area contributed by atoms with E-state index in [0.717, 1.165) is 6.42 Å². The van der Waals surface area contributed by atoms with Crippen LogP contribution >= 0.6 is 0 Å². The number of ether oxygens (including phenoxy) is 1. The minimum absolute atomic E-state index is 0.0141. The third-order valence-electron chi connectivity index (χ3n) is 1.84. The van der Waals surface area contributed by atoms with Gasteiger partial charge in [-0.15, -0.1) is 0 Å². The molecule has 0 fully saturated rings. The van der Waals surface area contributed by atoms with Gasteiger partial charge in [-0.25, -0.2) is 0 Å². The summed E-state index contributed by atoms with van der Waals surface area (Å²) in [5.41, 5.74) is 5.04. The zero-order chi connectivity index (χ0) is 11.7. The molecule has 0 radical (unpaired) electrons. The summed E-state index contributed by atoms with van der Waals surface area (Å²) in [6, 6.07) is 0. The summed E-state index contributed by atoms with van der Waals surface area (Å²) in [7, 11) is 1.59. The molecule has 6 heteroatoms. The predicted molar refractivity (Wildman–Crippen MR) is 54.4 cm³/mol. The molecule has 0 atom stereocenters. The lowest BCUT2D eigenvalue weighted by Gasteiger charge is -2.19. The van der Waals surface area contributed by atoms with Crippen molar-refractivity contribution >= 4 is 11.9 Å². The van der Waals surface area contributed by atoms with Gasteiger partial charge in [-0.3, -0.25) is 14.5 Å². The van der Waals surface area contributed by atoms with Crippen molar-refractivity contribution in [2.24, 2.45) is 5.73 Å². The van der Waals surface area contributed by atoms with Gasteiger partial charge in [0.25, 0.3) is 0 Å². The van der Waals surface area contributed by atoms with Gasteiger partial charge < -0.3 is 15.6 Å². The van der Waals surface area contributed by atoms with Crippen LogP contribution in [0, 0.1) is 0 Å². The van der Waals surface area contributed by atoms with Crippen molar-refractivity contribution in [2.75, 3.05) is 33.4 Å². The van der Waals surface area contributed by atoms with Crippen molar-refractivity contribution in [3.05, 3.63) is 0 Å². The van der Waals surface area contributed by atoms with Crippen LogP contribution in [0.2, 0.25) is 0 Å². The highest BCUT2D eigenvalue weighted by Gasteiger charge is 2.09. The van der Waals surface area contributed by atoms with E-state index in [1.165, 1.54) is 0 Å². The number of nitrogens with zero attached hydrogens (tertiary/aromatic N) is 1. The predicted octanol–water partition coefficient (Wildman–Crippen LogP) is -0.715. The molecule has 88 valence electrons. The second kappa shape index (κ2) is 8.19. The fourth-order valence-electron chi connectivity index (χ4n) is 1.18. The Bertz CT molecular complexity index is 208. The summed E-state index contributed by atoms with van der Waals surface area (Å²) in [5, 5.41) is 8.50. The monoisotopic (exact) mass is 218 g/mol. The molecule has 0 aromatic rings. The maximum atomic E-state index is 10.7. The molecule has 0 spiro atoms. The van der Waals surface area contributed by atoms with E-state index in [4.69, 9.17) is 15.6 Å². The van der Waals surface area contributed by atoms with Gasteiger partial charge in [0.05, 0.1) is 13.0 Å².